The van der Waals surface area contributed by atoms with Crippen LogP contribution in [-0.2, 0) is 4.79 Å². The lowest BCUT2D eigenvalue weighted by Gasteiger charge is -2.38. The molecule has 6 heteroatoms. The lowest BCUT2D eigenvalue weighted by molar-refractivity contribution is -0.150. The number of carbonyl (C=O) groups excluding carboxylic acids is 1. The van der Waals surface area contributed by atoms with Crippen LogP contribution < -0.4 is 10.6 Å². The van der Waals surface area contributed by atoms with Crippen LogP contribution in [0.25, 0.3) is 0 Å². The third-order valence-electron chi connectivity index (χ3n) is 3.98. The highest BCUT2D eigenvalue weighted by Gasteiger charge is 2.44. The number of urea groups is 1. The lowest BCUT2D eigenvalue weighted by atomic mass is 9.74. The summed E-state index contributed by atoms with van der Waals surface area (Å²) in [7, 11) is 0. The molecule has 21 heavy (non-hydrogen) atoms. The van der Waals surface area contributed by atoms with E-state index in [1.54, 1.807) is 32.9 Å². The minimum atomic E-state index is -1.19. The summed E-state index contributed by atoms with van der Waals surface area (Å²) in [6.07, 6.45) is 0. The average molecular weight is 296 g/mol. The van der Waals surface area contributed by atoms with Crippen LogP contribution in [0.2, 0.25) is 0 Å². The van der Waals surface area contributed by atoms with E-state index in [-0.39, 0.29) is 5.69 Å². The van der Waals surface area contributed by atoms with Gasteiger partial charge >= 0.3 is 12.0 Å². The number of carboxylic acids is 1. The number of carboxylic acid groups (broad SMARTS) is 1. The van der Waals surface area contributed by atoms with Gasteiger partial charge in [-0.05, 0) is 46.2 Å². The van der Waals surface area contributed by atoms with Gasteiger partial charge in [0.25, 0.3) is 0 Å². The van der Waals surface area contributed by atoms with Gasteiger partial charge in [-0.2, -0.15) is 0 Å². The molecule has 0 aromatic heterocycles. The largest absolute Gasteiger partial charge is 0.481 e. The van der Waals surface area contributed by atoms with Crippen molar-refractivity contribution >= 4 is 17.7 Å². The Balaban J connectivity index is 2.90. The van der Waals surface area contributed by atoms with E-state index in [0.29, 0.717) is 5.56 Å². The molecule has 3 N–H and O–H groups in total. The zero-order valence-corrected chi connectivity index (χ0v) is 12.9. The van der Waals surface area contributed by atoms with Crippen LogP contribution in [0.1, 0.15) is 33.3 Å². The van der Waals surface area contributed by atoms with Gasteiger partial charge in [0, 0.05) is 0 Å². The summed E-state index contributed by atoms with van der Waals surface area (Å²) in [6, 6.07) is 3.81. The van der Waals surface area contributed by atoms with Crippen LogP contribution >= 0.6 is 0 Å². The standard InChI is InChI=1S/C15H21FN2O3/c1-9-7-6-8-10(16)11(9)17-13(21)18-15(4,5)14(2,3)12(19)20/h6-8H,1-5H3,(H,19,20)(H2,17,18,21). The van der Waals surface area contributed by atoms with Crippen molar-refractivity contribution in [3.05, 3.63) is 29.6 Å². The van der Waals surface area contributed by atoms with Gasteiger partial charge in [-0.3, -0.25) is 4.79 Å². The second kappa shape index (κ2) is 5.71. The molecule has 1 aromatic carbocycles. The molecule has 5 nitrogen and oxygen atoms in total. The van der Waals surface area contributed by atoms with Crippen molar-refractivity contribution in [1.82, 2.24) is 5.32 Å². The average Bonchev–Trinajstić information content (AvgIpc) is 2.33. The molecule has 0 aliphatic heterocycles. The maximum Gasteiger partial charge on any atom is 0.319 e. The van der Waals surface area contributed by atoms with Gasteiger partial charge in [-0.15, -0.1) is 0 Å². The quantitative estimate of drug-likeness (QED) is 0.798. The minimum absolute atomic E-state index is 0.0823. The van der Waals surface area contributed by atoms with Gasteiger partial charge in [0.1, 0.15) is 5.82 Å². The molecule has 0 aliphatic carbocycles. The highest BCUT2D eigenvalue weighted by molar-refractivity contribution is 5.91. The Morgan fingerprint density at radius 1 is 1.19 bits per heavy atom. The first-order valence-corrected chi connectivity index (χ1v) is 6.56. The van der Waals surface area contributed by atoms with Crippen LogP contribution in [0.15, 0.2) is 18.2 Å². The molecule has 0 bridgehead atoms. The van der Waals surface area contributed by atoms with Crippen LogP contribution in [0.4, 0.5) is 14.9 Å². The summed E-state index contributed by atoms with van der Waals surface area (Å²) in [5, 5.41) is 14.2. The number of amides is 2. The molecular formula is C15H21FN2O3. The molecule has 1 aromatic rings. The summed E-state index contributed by atoms with van der Waals surface area (Å²) >= 11 is 0. The lowest BCUT2D eigenvalue weighted by Crippen LogP contribution is -2.57. The fourth-order valence-corrected chi connectivity index (χ4v) is 1.64. The van der Waals surface area contributed by atoms with Crippen LogP contribution in [0.5, 0.6) is 0 Å². The molecule has 1 rings (SSSR count). The van der Waals surface area contributed by atoms with Crippen molar-refractivity contribution in [3.8, 4) is 0 Å². The molecule has 0 saturated heterocycles. The van der Waals surface area contributed by atoms with Gasteiger partial charge < -0.3 is 15.7 Å². The van der Waals surface area contributed by atoms with Gasteiger partial charge in [0.15, 0.2) is 0 Å². The Labute approximate surface area is 123 Å². The van der Waals surface area contributed by atoms with E-state index < -0.39 is 28.8 Å². The van der Waals surface area contributed by atoms with Crippen molar-refractivity contribution in [2.24, 2.45) is 5.41 Å². The Kier molecular flexibility index (Phi) is 4.61. The first kappa shape index (κ1) is 16.9. The highest BCUT2D eigenvalue weighted by Crippen LogP contribution is 2.31. The van der Waals surface area contributed by atoms with Crippen molar-refractivity contribution in [3.63, 3.8) is 0 Å². The van der Waals surface area contributed by atoms with Gasteiger partial charge in [-0.25, -0.2) is 9.18 Å². The monoisotopic (exact) mass is 296 g/mol. The molecule has 0 heterocycles. The molecule has 0 spiro atoms. The van der Waals surface area contributed by atoms with Crippen molar-refractivity contribution in [2.75, 3.05) is 5.32 Å². The first-order valence-electron chi connectivity index (χ1n) is 6.56. The van der Waals surface area contributed by atoms with E-state index in [9.17, 15) is 19.1 Å². The molecule has 0 saturated carbocycles. The molecule has 0 atom stereocenters. The molecule has 0 fully saturated rings. The van der Waals surface area contributed by atoms with E-state index in [2.05, 4.69) is 10.6 Å². The van der Waals surface area contributed by atoms with E-state index in [1.807, 2.05) is 0 Å². The predicted molar refractivity (Wildman–Crippen MR) is 78.8 cm³/mol. The van der Waals surface area contributed by atoms with Gasteiger partial charge in [0.2, 0.25) is 0 Å². The Morgan fingerprint density at radius 3 is 2.24 bits per heavy atom. The number of nitrogens with one attached hydrogen (secondary N) is 2. The SMILES string of the molecule is Cc1cccc(F)c1NC(=O)NC(C)(C)C(C)(C)C(=O)O. The minimum Gasteiger partial charge on any atom is -0.481 e. The van der Waals surface area contributed by atoms with Crippen molar-refractivity contribution in [1.29, 1.82) is 0 Å². The zero-order chi connectivity index (χ0) is 16.4. The van der Waals surface area contributed by atoms with Gasteiger partial charge in [0.05, 0.1) is 16.6 Å². The fraction of sp³-hybridized carbons (Fsp3) is 0.467. The maximum atomic E-state index is 13.7. The predicted octanol–water partition coefficient (Wildman–Crippen LogP) is 3.15. The van der Waals surface area contributed by atoms with Crippen molar-refractivity contribution in [2.45, 2.75) is 40.2 Å². The maximum absolute atomic E-state index is 13.7. The second-order valence-corrected chi connectivity index (χ2v) is 6.07. The molecule has 0 unspecified atom stereocenters. The van der Waals surface area contributed by atoms with E-state index in [0.717, 1.165) is 0 Å². The van der Waals surface area contributed by atoms with Crippen LogP contribution in [0.3, 0.4) is 0 Å². The third-order valence-corrected chi connectivity index (χ3v) is 3.98. The fourth-order valence-electron chi connectivity index (χ4n) is 1.64. The number of aryl methyl sites for hydroxylation is 1. The number of aliphatic carboxylic acids is 1. The summed E-state index contributed by atoms with van der Waals surface area (Å²) in [5.41, 5.74) is -1.55. The number of carbonyl (C=O) groups is 2. The number of hydrogen-bond donors (Lipinski definition) is 3. The third kappa shape index (κ3) is 3.51. The highest BCUT2D eigenvalue weighted by atomic mass is 19.1. The molecule has 116 valence electrons. The number of hydrogen-bond acceptors (Lipinski definition) is 2. The Bertz CT molecular complexity index is 548. The molecule has 0 radical (unpaired) electrons. The summed E-state index contributed by atoms with van der Waals surface area (Å²) < 4.78 is 13.7. The van der Waals surface area contributed by atoms with Crippen LogP contribution in [-0.4, -0.2) is 22.6 Å². The molecule has 0 aliphatic rings. The van der Waals surface area contributed by atoms with Crippen LogP contribution in [0, 0.1) is 18.2 Å². The summed E-state index contributed by atoms with van der Waals surface area (Å²) in [6.45, 7) is 7.92. The smallest absolute Gasteiger partial charge is 0.319 e. The van der Waals surface area contributed by atoms with Gasteiger partial charge in [-0.1, -0.05) is 12.1 Å². The number of rotatable bonds is 4. The second-order valence-electron chi connectivity index (χ2n) is 6.07. The zero-order valence-electron chi connectivity index (χ0n) is 12.9. The first-order chi connectivity index (χ1) is 9.49. The number of anilines is 1. The number of benzene rings is 1. The normalized spacial score (nSPS) is 11.9. The van der Waals surface area contributed by atoms with E-state index in [1.165, 1.54) is 19.9 Å². The summed E-state index contributed by atoms with van der Waals surface area (Å²) in [5.74, 6) is -1.57. The Morgan fingerprint density at radius 2 is 1.76 bits per heavy atom. The number of halogens is 1. The summed E-state index contributed by atoms with van der Waals surface area (Å²) in [4.78, 5) is 23.3. The molecule has 2 amide bonds. The topological polar surface area (TPSA) is 78.4 Å². The van der Waals surface area contributed by atoms with Crippen molar-refractivity contribution < 1.29 is 19.1 Å². The molecular weight excluding hydrogens is 275 g/mol. The number of para-hydroxylation sites is 1. The van der Waals surface area contributed by atoms with E-state index in [4.69, 9.17) is 0 Å². The van der Waals surface area contributed by atoms with E-state index >= 15 is 0 Å². The Hall–Kier alpha value is -2.11.